The number of alkyl halides is 3. The molecule has 0 bridgehead atoms. The SMILES string of the molecule is NC1=NC2(CO1)c1cc(-c3cncnc3)ccc1Oc1c(F)cc(OS(=O)(=O)C(F)(F)F)cc12. The molecule has 9 nitrogen and oxygen atoms in total. The van der Waals surface area contributed by atoms with Crippen LogP contribution in [0.15, 0.2) is 54.0 Å². The maximum Gasteiger partial charge on any atom is 0.534 e. The van der Waals surface area contributed by atoms with E-state index in [-0.39, 0.29) is 29.7 Å². The van der Waals surface area contributed by atoms with E-state index >= 15 is 0 Å². The van der Waals surface area contributed by atoms with Crippen molar-refractivity contribution >= 4 is 16.1 Å². The lowest BCUT2D eigenvalue weighted by Crippen LogP contribution is -2.32. The highest BCUT2D eigenvalue weighted by molar-refractivity contribution is 7.88. The predicted molar refractivity (Wildman–Crippen MR) is 108 cm³/mol. The third-order valence-electron chi connectivity index (χ3n) is 5.21. The number of hydrogen-bond donors (Lipinski definition) is 1. The van der Waals surface area contributed by atoms with Crippen LogP contribution in [0.4, 0.5) is 17.6 Å². The monoisotopic (exact) mass is 496 g/mol. The van der Waals surface area contributed by atoms with Crippen LogP contribution >= 0.6 is 0 Å². The molecule has 2 aromatic carbocycles. The average molecular weight is 496 g/mol. The van der Waals surface area contributed by atoms with Crippen LogP contribution < -0.4 is 14.7 Å². The van der Waals surface area contributed by atoms with Gasteiger partial charge in [-0.3, -0.25) is 0 Å². The number of ether oxygens (including phenoxy) is 2. The van der Waals surface area contributed by atoms with Crippen LogP contribution in [-0.4, -0.2) is 36.5 Å². The van der Waals surface area contributed by atoms with E-state index in [1.807, 2.05) is 0 Å². The van der Waals surface area contributed by atoms with Gasteiger partial charge in [0.25, 0.3) is 6.02 Å². The Kier molecular flexibility index (Phi) is 4.69. The third kappa shape index (κ3) is 3.37. The molecular weight excluding hydrogens is 484 g/mol. The van der Waals surface area contributed by atoms with Gasteiger partial charge in [0, 0.05) is 35.2 Å². The quantitative estimate of drug-likeness (QED) is 0.333. The highest BCUT2D eigenvalue weighted by Gasteiger charge is 2.51. The molecular formula is C20H12F4N4O5S. The van der Waals surface area contributed by atoms with Crippen LogP contribution in [-0.2, 0) is 20.4 Å². The van der Waals surface area contributed by atoms with Gasteiger partial charge in [0.2, 0.25) is 0 Å². The molecule has 34 heavy (non-hydrogen) atoms. The molecule has 0 saturated carbocycles. The second-order valence-electron chi connectivity index (χ2n) is 7.30. The fourth-order valence-corrected chi connectivity index (χ4v) is 4.18. The van der Waals surface area contributed by atoms with Crippen molar-refractivity contribution in [3.8, 4) is 28.4 Å². The van der Waals surface area contributed by atoms with Crippen LogP contribution in [0.2, 0.25) is 0 Å². The van der Waals surface area contributed by atoms with Gasteiger partial charge in [-0.15, -0.1) is 0 Å². The molecule has 176 valence electrons. The fourth-order valence-electron chi connectivity index (χ4n) is 3.73. The molecule has 1 unspecified atom stereocenters. The Morgan fingerprint density at radius 1 is 1.06 bits per heavy atom. The minimum absolute atomic E-state index is 0.130. The zero-order chi connectivity index (χ0) is 24.3. The van der Waals surface area contributed by atoms with Gasteiger partial charge in [-0.25, -0.2) is 19.4 Å². The zero-order valence-corrected chi connectivity index (χ0v) is 17.5. The summed E-state index contributed by atoms with van der Waals surface area (Å²) in [6.45, 7) is -0.258. The van der Waals surface area contributed by atoms with Crippen molar-refractivity contribution in [1.29, 1.82) is 0 Å². The van der Waals surface area contributed by atoms with Gasteiger partial charge in [-0.05, 0) is 23.8 Å². The van der Waals surface area contributed by atoms with Gasteiger partial charge >= 0.3 is 15.6 Å². The molecule has 2 N–H and O–H groups in total. The number of aliphatic imine (C=N–C) groups is 1. The minimum atomic E-state index is -6.06. The normalized spacial score (nSPS) is 19.0. The lowest BCUT2D eigenvalue weighted by molar-refractivity contribution is -0.0500. The molecule has 3 heterocycles. The summed E-state index contributed by atoms with van der Waals surface area (Å²) >= 11 is 0. The lowest BCUT2D eigenvalue weighted by atomic mass is 9.80. The van der Waals surface area contributed by atoms with Crippen LogP contribution in [0.5, 0.6) is 17.2 Å². The van der Waals surface area contributed by atoms with Gasteiger partial charge in [0.1, 0.15) is 24.4 Å². The standard InChI is InChI=1S/C20H12F4N4O5S/c21-15-5-12(33-34(29,30)20(22,23)24)4-14-17(15)32-16-2-1-10(11-6-26-9-27-7-11)3-13(16)19(14)8-31-18(25)28-19/h1-7,9H,8H2,(H2,25,28). The Hall–Kier alpha value is -3.94. The molecule has 1 spiro atoms. The molecule has 5 rings (SSSR count). The summed E-state index contributed by atoms with van der Waals surface area (Å²) in [6.07, 6.45) is 4.45. The molecule has 0 fully saturated rings. The van der Waals surface area contributed by atoms with E-state index in [0.29, 0.717) is 22.8 Å². The fraction of sp³-hybridized carbons (Fsp3) is 0.150. The first-order valence-corrected chi connectivity index (χ1v) is 10.8. The topological polar surface area (TPSA) is 126 Å². The first kappa shape index (κ1) is 21.9. The van der Waals surface area contributed by atoms with Gasteiger partial charge in [0.15, 0.2) is 17.1 Å². The van der Waals surface area contributed by atoms with E-state index in [2.05, 4.69) is 19.1 Å². The van der Waals surface area contributed by atoms with Crippen LogP contribution in [0, 0.1) is 5.82 Å². The van der Waals surface area contributed by atoms with Gasteiger partial charge in [-0.1, -0.05) is 6.07 Å². The van der Waals surface area contributed by atoms with Crippen LogP contribution in [0.1, 0.15) is 11.1 Å². The van der Waals surface area contributed by atoms with Crippen LogP contribution in [0.25, 0.3) is 11.1 Å². The second kappa shape index (κ2) is 7.28. The highest BCUT2D eigenvalue weighted by Crippen LogP contribution is 2.53. The molecule has 1 atom stereocenters. The average Bonchev–Trinajstić information content (AvgIpc) is 3.16. The summed E-state index contributed by atoms with van der Waals surface area (Å²) in [5.41, 5.74) is -0.0704. The molecule has 0 amide bonds. The number of fused-ring (bicyclic) bond motifs is 4. The van der Waals surface area contributed by atoms with Gasteiger partial charge in [0.05, 0.1) is 0 Å². The summed E-state index contributed by atoms with van der Waals surface area (Å²) in [7, 11) is -6.06. The van der Waals surface area contributed by atoms with Crippen molar-refractivity contribution in [1.82, 2.24) is 9.97 Å². The molecule has 0 aliphatic carbocycles. The predicted octanol–water partition coefficient (Wildman–Crippen LogP) is 3.21. The van der Waals surface area contributed by atoms with Crippen molar-refractivity contribution in [2.24, 2.45) is 10.7 Å². The Bertz CT molecular complexity index is 1450. The maximum absolute atomic E-state index is 15.0. The van der Waals surface area contributed by atoms with Crippen molar-refractivity contribution in [3.63, 3.8) is 0 Å². The van der Waals surface area contributed by atoms with Crippen LogP contribution in [0.3, 0.4) is 0 Å². The highest BCUT2D eigenvalue weighted by atomic mass is 32.2. The number of hydrogen-bond acceptors (Lipinski definition) is 9. The minimum Gasteiger partial charge on any atom is -0.462 e. The largest absolute Gasteiger partial charge is 0.534 e. The zero-order valence-electron chi connectivity index (χ0n) is 16.7. The number of halogens is 4. The van der Waals surface area contributed by atoms with Crippen molar-refractivity contribution in [2.75, 3.05) is 6.61 Å². The number of benzene rings is 2. The maximum atomic E-state index is 15.0. The molecule has 2 aliphatic rings. The van der Waals surface area contributed by atoms with E-state index in [1.54, 1.807) is 30.6 Å². The van der Waals surface area contributed by atoms with E-state index in [0.717, 1.165) is 6.07 Å². The van der Waals surface area contributed by atoms with Crippen molar-refractivity contribution in [2.45, 2.75) is 11.0 Å². The number of amidine groups is 1. The van der Waals surface area contributed by atoms with Crippen molar-refractivity contribution < 1.29 is 39.6 Å². The molecule has 14 heteroatoms. The lowest BCUT2D eigenvalue weighted by Gasteiger charge is -2.34. The summed E-state index contributed by atoms with van der Waals surface area (Å²) in [4.78, 5) is 12.2. The van der Waals surface area contributed by atoms with Gasteiger partial charge < -0.3 is 19.4 Å². The smallest absolute Gasteiger partial charge is 0.462 e. The summed E-state index contributed by atoms with van der Waals surface area (Å²) in [5.74, 6) is -2.29. The number of rotatable bonds is 3. The third-order valence-corrected chi connectivity index (χ3v) is 6.19. The summed E-state index contributed by atoms with van der Waals surface area (Å²) in [5, 5.41) is 0. The first-order chi connectivity index (χ1) is 16.0. The number of nitrogens with two attached hydrogens (primary N) is 1. The van der Waals surface area contributed by atoms with Crippen molar-refractivity contribution in [3.05, 3.63) is 66.0 Å². The Morgan fingerprint density at radius 3 is 2.44 bits per heavy atom. The van der Waals surface area contributed by atoms with E-state index in [4.69, 9.17) is 15.2 Å². The second-order valence-corrected chi connectivity index (χ2v) is 8.84. The van der Waals surface area contributed by atoms with Gasteiger partial charge in [-0.2, -0.15) is 21.6 Å². The Balaban J connectivity index is 1.70. The first-order valence-electron chi connectivity index (χ1n) is 9.41. The molecule has 1 aromatic heterocycles. The van der Waals surface area contributed by atoms with E-state index < -0.39 is 32.7 Å². The molecule has 0 saturated heterocycles. The summed E-state index contributed by atoms with van der Waals surface area (Å²) < 4.78 is 91.5. The molecule has 3 aromatic rings. The Morgan fingerprint density at radius 2 is 1.79 bits per heavy atom. The number of aromatic nitrogens is 2. The van der Waals surface area contributed by atoms with E-state index in [9.17, 15) is 26.0 Å². The Labute approximate surface area is 189 Å². The molecule has 2 aliphatic heterocycles. The van der Waals surface area contributed by atoms with E-state index in [1.165, 1.54) is 6.33 Å². The number of nitrogens with zero attached hydrogens (tertiary/aromatic N) is 3. The summed E-state index contributed by atoms with van der Waals surface area (Å²) in [6, 6.07) is 5.96. The molecule has 0 radical (unpaired) electrons.